The smallest absolute Gasteiger partial charge is 0.0949 e. The van der Waals surface area contributed by atoms with Gasteiger partial charge in [-0.15, -0.1) is 0 Å². The van der Waals surface area contributed by atoms with Gasteiger partial charge in [0.25, 0.3) is 0 Å². The molecule has 0 saturated carbocycles. The van der Waals surface area contributed by atoms with Crippen molar-refractivity contribution >= 4 is 0 Å². The van der Waals surface area contributed by atoms with E-state index >= 15 is 0 Å². The molecule has 0 radical (unpaired) electrons. The third kappa shape index (κ3) is 2.16. The van der Waals surface area contributed by atoms with Crippen molar-refractivity contribution in [2.45, 2.75) is 25.3 Å². The summed E-state index contributed by atoms with van der Waals surface area (Å²) in [6.07, 6.45) is 8.88. The number of aromatic nitrogens is 3. The number of hydrogen-bond acceptors (Lipinski definition) is 3. The van der Waals surface area contributed by atoms with Gasteiger partial charge in [0.05, 0.1) is 18.1 Å². The molecule has 94 valence electrons. The largest absolute Gasteiger partial charge is 0.337 e. The highest BCUT2D eigenvalue weighted by Gasteiger charge is 2.22. The molecule has 1 N–H and O–H groups in total. The first-order chi connectivity index (χ1) is 8.84. The molecule has 1 aliphatic rings. The van der Waals surface area contributed by atoms with Crippen LogP contribution in [0.25, 0.3) is 0 Å². The second kappa shape index (κ2) is 4.90. The number of hydrogen-bond donors (Lipinski definition) is 1. The summed E-state index contributed by atoms with van der Waals surface area (Å²) in [6, 6.07) is 4.56. The van der Waals surface area contributed by atoms with Gasteiger partial charge in [0, 0.05) is 38.1 Å². The number of aryl methyl sites for hydroxylation is 2. The molecule has 4 nitrogen and oxygen atoms in total. The SMILES string of the molecule is Cn1cnc2c1CCNC2CCc1ccncc1. The highest BCUT2D eigenvalue weighted by Crippen LogP contribution is 2.24. The van der Waals surface area contributed by atoms with Gasteiger partial charge >= 0.3 is 0 Å². The lowest BCUT2D eigenvalue weighted by Crippen LogP contribution is -2.31. The predicted molar refractivity (Wildman–Crippen MR) is 70.2 cm³/mol. The molecule has 0 aliphatic carbocycles. The number of nitrogens with one attached hydrogen (secondary N) is 1. The first-order valence-corrected chi connectivity index (χ1v) is 6.47. The molecule has 18 heavy (non-hydrogen) atoms. The highest BCUT2D eigenvalue weighted by atomic mass is 15.1. The first kappa shape index (κ1) is 11.4. The van der Waals surface area contributed by atoms with E-state index in [9.17, 15) is 0 Å². The molecule has 1 unspecified atom stereocenters. The van der Waals surface area contributed by atoms with Crippen LogP contribution in [0.1, 0.15) is 29.4 Å². The molecule has 3 rings (SSSR count). The molecule has 1 aliphatic heterocycles. The monoisotopic (exact) mass is 242 g/mol. The molecule has 2 aromatic rings. The number of imidazole rings is 1. The minimum atomic E-state index is 0.392. The average molecular weight is 242 g/mol. The Bertz CT molecular complexity index is 518. The average Bonchev–Trinajstić information content (AvgIpc) is 2.80. The van der Waals surface area contributed by atoms with Gasteiger partial charge in [-0.3, -0.25) is 4.98 Å². The third-order valence-corrected chi connectivity index (χ3v) is 3.65. The molecule has 3 heterocycles. The molecule has 0 amide bonds. The molecule has 0 spiro atoms. The molecule has 0 aromatic carbocycles. The zero-order chi connectivity index (χ0) is 12.4. The summed E-state index contributed by atoms with van der Waals surface area (Å²) < 4.78 is 2.15. The van der Waals surface area contributed by atoms with E-state index in [-0.39, 0.29) is 0 Å². The molecule has 4 heteroatoms. The van der Waals surface area contributed by atoms with E-state index in [0.717, 1.165) is 25.8 Å². The van der Waals surface area contributed by atoms with Crippen LogP contribution in [0.3, 0.4) is 0 Å². The van der Waals surface area contributed by atoms with E-state index in [1.54, 1.807) is 0 Å². The van der Waals surface area contributed by atoms with E-state index in [2.05, 4.69) is 39.0 Å². The fraction of sp³-hybridized carbons (Fsp3) is 0.429. The molecule has 0 bridgehead atoms. The van der Waals surface area contributed by atoms with Gasteiger partial charge in [0.1, 0.15) is 0 Å². The molecule has 0 saturated heterocycles. The van der Waals surface area contributed by atoms with Gasteiger partial charge in [-0.25, -0.2) is 4.98 Å². The van der Waals surface area contributed by atoms with Gasteiger partial charge in [0.2, 0.25) is 0 Å². The summed E-state index contributed by atoms with van der Waals surface area (Å²) in [5.41, 5.74) is 3.96. The minimum absolute atomic E-state index is 0.392. The molecule has 1 atom stereocenters. The Morgan fingerprint density at radius 1 is 1.39 bits per heavy atom. The van der Waals surface area contributed by atoms with E-state index in [4.69, 9.17) is 0 Å². The van der Waals surface area contributed by atoms with Crippen LogP contribution in [0.2, 0.25) is 0 Å². The van der Waals surface area contributed by atoms with Crippen LogP contribution in [-0.4, -0.2) is 21.1 Å². The second-order valence-corrected chi connectivity index (χ2v) is 4.84. The number of fused-ring (bicyclic) bond motifs is 1. The van der Waals surface area contributed by atoms with Crippen molar-refractivity contribution in [2.24, 2.45) is 7.05 Å². The summed E-state index contributed by atoms with van der Waals surface area (Å²) in [4.78, 5) is 8.59. The predicted octanol–water partition coefficient (Wildman–Crippen LogP) is 1.63. The Hall–Kier alpha value is -1.68. The lowest BCUT2D eigenvalue weighted by molar-refractivity contribution is 0.460. The summed E-state index contributed by atoms with van der Waals surface area (Å²) >= 11 is 0. The van der Waals surface area contributed by atoms with Crippen molar-refractivity contribution < 1.29 is 0 Å². The van der Waals surface area contributed by atoms with Crippen LogP contribution in [0, 0.1) is 0 Å². The van der Waals surface area contributed by atoms with Crippen molar-refractivity contribution in [1.82, 2.24) is 19.9 Å². The highest BCUT2D eigenvalue weighted by molar-refractivity contribution is 5.21. The lowest BCUT2D eigenvalue weighted by Gasteiger charge is -2.23. The zero-order valence-corrected chi connectivity index (χ0v) is 10.6. The third-order valence-electron chi connectivity index (χ3n) is 3.65. The maximum atomic E-state index is 4.54. The Morgan fingerprint density at radius 3 is 3.06 bits per heavy atom. The lowest BCUT2D eigenvalue weighted by atomic mass is 9.98. The molecular weight excluding hydrogens is 224 g/mol. The Kier molecular flexibility index (Phi) is 3.11. The van der Waals surface area contributed by atoms with E-state index in [0.29, 0.717) is 6.04 Å². The molecular formula is C14H18N4. The quantitative estimate of drug-likeness (QED) is 0.889. The van der Waals surface area contributed by atoms with Crippen LogP contribution < -0.4 is 5.32 Å². The Morgan fingerprint density at radius 2 is 2.22 bits per heavy atom. The summed E-state index contributed by atoms with van der Waals surface area (Å²) in [6.45, 7) is 1.05. The Labute approximate surface area is 107 Å². The van der Waals surface area contributed by atoms with Crippen LogP contribution in [0.4, 0.5) is 0 Å². The summed E-state index contributed by atoms with van der Waals surface area (Å²) in [7, 11) is 2.08. The summed E-state index contributed by atoms with van der Waals surface area (Å²) in [5.74, 6) is 0. The topological polar surface area (TPSA) is 42.7 Å². The fourth-order valence-corrected chi connectivity index (χ4v) is 2.63. The normalized spacial score (nSPS) is 18.6. The van der Waals surface area contributed by atoms with Crippen molar-refractivity contribution in [3.8, 4) is 0 Å². The van der Waals surface area contributed by atoms with Crippen molar-refractivity contribution in [2.75, 3.05) is 6.54 Å². The zero-order valence-electron chi connectivity index (χ0n) is 10.6. The standard InChI is InChI=1S/C14H18N4/c1-18-10-17-14-12(16-9-6-13(14)18)3-2-11-4-7-15-8-5-11/h4-5,7-8,10,12,16H,2-3,6,9H2,1H3. The minimum Gasteiger partial charge on any atom is -0.337 e. The first-order valence-electron chi connectivity index (χ1n) is 6.47. The van der Waals surface area contributed by atoms with Gasteiger partial charge in [0.15, 0.2) is 0 Å². The van der Waals surface area contributed by atoms with Crippen LogP contribution in [0.15, 0.2) is 30.9 Å². The summed E-state index contributed by atoms with van der Waals surface area (Å²) in [5, 5.41) is 3.57. The van der Waals surface area contributed by atoms with Crippen molar-refractivity contribution in [1.29, 1.82) is 0 Å². The maximum absolute atomic E-state index is 4.54. The van der Waals surface area contributed by atoms with Crippen LogP contribution in [0.5, 0.6) is 0 Å². The Balaban J connectivity index is 1.71. The van der Waals surface area contributed by atoms with Gasteiger partial charge in [-0.05, 0) is 30.5 Å². The second-order valence-electron chi connectivity index (χ2n) is 4.84. The van der Waals surface area contributed by atoms with Crippen LogP contribution in [-0.2, 0) is 19.9 Å². The van der Waals surface area contributed by atoms with Gasteiger partial charge in [-0.1, -0.05) is 0 Å². The van der Waals surface area contributed by atoms with E-state index in [1.165, 1.54) is 17.0 Å². The van der Waals surface area contributed by atoms with Crippen LogP contribution >= 0.6 is 0 Å². The number of rotatable bonds is 3. The number of nitrogens with zero attached hydrogens (tertiary/aromatic N) is 3. The fourth-order valence-electron chi connectivity index (χ4n) is 2.63. The van der Waals surface area contributed by atoms with Crippen molar-refractivity contribution in [3.63, 3.8) is 0 Å². The molecule has 2 aromatic heterocycles. The van der Waals surface area contributed by atoms with E-state index < -0.39 is 0 Å². The molecule has 0 fully saturated rings. The number of pyridine rings is 1. The van der Waals surface area contributed by atoms with E-state index in [1.807, 2.05) is 18.7 Å². The van der Waals surface area contributed by atoms with Gasteiger partial charge < -0.3 is 9.88 Å². The van der Waals surface area contributed by atoms with Gasteiger partial charge in [-0.2, -0.15) is 0 Å². The maximum Gasteiger partial charge on any atom is 0.0949 e. The van der Waals surface area contributed by atoms with Crippen molar-refractivity contribution in [3.05, 3.63) is 47.8 Å².